The van der Waals surface area contributed by atoms with Gasteiger partial charge in [0.15, 0.2) is 0 Å². The van der Waals surface area contributed by atoms with Gasteiger partial charge in [-0.25, -0.2) is 0 Å². The van der Waals surface area contributed by atoms with Gasteiger partial charge in [-0.3, -0.25) is 0 Å². The molecule has 1 aromatic heterocycles. The third-order valence-electron chi connectivity index (χ3n) is 3.14. The Bertz CT molecular complexity index is 320. The van der Waals surface area contributed by atoms with Crippen molar-refractivity contribution in [3.05, 3.63) is 5.89 Å². The van der Waals surface area contributed by atoms with Crippen molar-refractivity contribution in [3.63, 3.8) is 0 Å². The summed E-state index contributed by atoms with van der Waals surface area (Å²) in [5, 5.41) is 7.37. The number of aromatic nitrogens is 2. The van der Waals surface area contributed by atoms with Crippen LogP contribution in [0, 0.1) is 5.92 Å². The first-order chi connectivity index (χ1) is 7.79. The molecular weight excluding hydrogens is 204 g/mol. The van der Waals surface area contributed by atoms with Crippen LogP contribution in [-0.2, 0) is 6.42 Å². The summed E-state index contributed by atoms with van der Waals surface area (Å²) in [4.78, 5) is 6.37. The SMILES string of the molecule is CCN(C)c1noc(CC2CCCNC2)n1. The van der Waals surface area contributed by atoms with E-state index in [0.717, 1.165) is 31.9 Å². The van der Waals surface area contributed by atoms with Gasteiger partial charge in [0.2, 0.25) is 5.89 Å². The molecule has 0 aliphatic carbocycles. The van der Waals surface area contributed by atoms with E-state index in [2.05, 4.69) is 22.4 Å². The molecule has 0 radical (unpaired) electrons. The summed E-state index contributed by atoms with van der Waals surface area (Å²) in [6, 6.07) is 0. The Labute approximate surface area is 96.2 Å². The average Bonchev–Trinajstić information content (AvgIpc) is 2.78. The Hall–Kier alpha value is -1.10. The summed E-state index contributed by atoms with van der Waals surface area (Å²) in [6.45, 7) is 5.18. The van der Waals surface area contributed by atoms with Crippen LogP contribution in [0.15, 0.2) is 4.52 Å². The minimum atomic E-state index is 0.647. The van der Waals surface area contributed by atoms with Crippen molar-refractivity contribution in [3.8, 4) is 0 Å². The normalized spacial score (nSPS) is 21.0. The molecule has 0 saturated carbocycles. The molecular formula is C11H20N4O. The second-order valence-corrected chi connectivity index (χ2v) is 4.42. The van der Waals surface area contributed by atoms with E-state index in [4.69, 9.17) is 4.52 Å². The van der Waals surface area contributed by atoms with Crippen LogP contribution >= 0.6 is 0 Å². The van der Waals surface area contributed by atoms with Gasteiger partial charge in [0.1, 0.15) is 0 Å². The number of anilines is 1. The molecule has 1 aliphatic heterocycles. The third-order valence-corrected chi connectivity index (χ3v) is 3.14. The Kier molecular flexibility index (Phi) is 3.77. The van der Waals surface area contributed by atoms with Crippen molar-refractivity contribution in [1.82, 2.24) is 15.5 Å². The number of hydrogen-bond acceptors (Lipinski definition) is 5. The van der Waals surface area contributed by atoms with E-state index in [9.17, 15) is 0 Å². The molecule has 1 aromatic rings. The van der Waals surface area contributed by atoms with Gasteiger partial charge >= 0.3 is 0 Å². The van der Waals surface area contributed by atoms with Crippen LogP contribution < -0.4 is 10.2 Å². The summed E-state index contributed by atoms with van der Waals surface area (Å²) in [6.07, 6.45) is 3.41. The molecule has 2 rings (SSSR count). The lowest BCUT2D eigenvalue weighted by atomic mass is 9.96. The summed E-state index contributed by atoms with van der Waals surface area (Å²) < 4.78 is 5.26. The van der Waals surface area contributed by atoms with Gasteiger partial charge in [-0.1, -0.05) is 0 Å². The van der Waals surface area contributed by atoms with Gasteiger partial charge < -0.3 is 14.7 Å². The van der Waals surface area contributed by atoms with Crippen LogP contribution in [-0.4, -0.2) is 36.8 Å². The van der Waals surface area contributed by atoms with E-state index in [-0.39, 0.29) is 0 Å². The molecule has 0 aromatic carbocycles. The Morgan fingerprint density at radius 1 is 1.56 bits per heavy atom. The largest absolute Gasteiger partial charge is 0.342 e. The van der Waals surface area contributed by atoms with E-state index < -0.39 is 0 Å². The van der Waals surface area contributed by atoms with Gasteiger partial charge in [-0.15, -0.1) is 0 Å². The molecule has 90 valence electrons. The quantitative estimate of drug-likeness (QED) is 0.829. The van der Waals surface area contributed by atoms with E-state index in [1.165, 1.54) is 12.8 Å². The Balaban J connectivity index is 1.91. The molecule has 1 saturated heterocycles. The lowest BCUT2D eigenvalue weighted by Crippen LogP contribution is -2.30. The summed E-state index contributed by atoms with van der Waals surface area (Å²) in [7, 11) is 1.97. The fourth-order valence-corrected chi connectivity index (χ4v) is 1.97. The molecule has 1 aliphatic rings. The zero-order valence-corrected chi connectivity index (χ0v) is 10.1. The lowest BCUT2D eigenvalue weighted by Gasteiger charge is -2.20. The zero-order chi connectivity index (χ0) is 11.4. The predicted octanol–water partition coefficient (Wildman–Crippen LogP) is 1.07. The summed E-state index contributed by atoms with van der Waals surface area (Å²) in [5.74, 6) is 2.11. The Morgan fingerprint density at radius 2 is 2.44 bits per heavy atom. The van der Waals surface area contributed by atoms with Crippen molar-refractivity contribution < 1.29 is 4.52 Å². The van der Waals surface area contributed by atoms with Crippen molar-refractivity contribution in [2.24, 2.45) is 5.92 Å². The van der Waals surface area contributed by atoms with Gasteiger partial charge in [0.05, 0.1) is 0 Å². The lowest BCUT2D eigenvalue weighted by molar-refractivity contribution is 0.316. The highest BCUT2D eigenvalue weighted by Crippen LogP contribution is 2.16. The highest BCUT2D eigenvalue weighted by atomic mass is 16.5. The second kappa shape index (κ2) is 5.30. The minimum Gasteiger partial charge on any atom is -0.342 e. The highest BCUT2D eigenvalue weighted by Gasteiger charge is 2.17. The minimum absolute atomic E-state index is 0.647. The maximum absolute atomic E-state index is 5.26. The number of nitrogens with one attached hydrogen (secondary N) is 1. The van der Waals surface area contributed by atoms with Gasteiger partial charge in [0.25, 0.3) is 5.95 Å². The average molecular weight is 224 g/mol. The van der Waals surface area contributed by atoms with E-state index >= 15 is 0 Å². The van der Waals surface area contributed by atoms with Crippen LogP contribution in [0.3, 0.4) is 0 Å². The third kappa shape index (κ3) is 2.72. The van der Waals surface area contributed by atoms with Crippen molar-refractivity contribution in [2.45, 2.75) is 26.2 Å². The maximum Gasteiger partial charge on any atom is 0.265 e. The molecule has 0 bridgehead atoms. The van der Waals surface area contributed by atoms with E-state index in [0.29, 0.717) is 11.9 Å². The molecule has 5 heteroatoms. The molecule has 0 amide bonds. The molecule has 2 heterocycles. The van der Waals surface area contributed by atoms with Crippen LogP contribution in [0.25, 0.3) is 0 Å². The predicted molar refractivity (Wildman–Crippen MR) is 62.5 cm³/mol. The van der Waals surface area contributed by atoms with E-state index in [1.54, 1.807) is 0 Å². The maximum atomic E-state index is 5.26. The number of rotatable bonds is 4. The molecule has 1 unspecified atom stereocenters. The van der Waals surface area contributed by atoms with Crippen molar-refractivity contribution in [1.29, 1.82) is 0 Å². The van der Waals surface area contributed by atoms with Crippen molar-refractivity contribution in [2.75, 3.05) is 31.6 Å². The highest BCUT2D eigenvalue weighted by molar-refractivity contribution is 5.25. The Morgan fingerprint density at radius 3 is 3.12 bits per heavy atom. The fourth-order valence-electron chi connectivity index (χ4n) is 1.97. The molecule has 1 atom stereocenters. The van der Waals surface area contributed by atoms with Crippen LogP contribution in [0.5, 0.6) is 0 Å². The van der Waals surface area contributed by atoms with Gasteiger partial charge in [-0.05, 0) is 43.9 Å². The number of hydrogen-bond donors (Lipinski definition) is 1. The smallest absolute Gasteiger partial charge is 0.265 e. The molecule has 5 nitrogen and oxygen atoms in total. The molecule has 1 N–H and O–H groups in total. The van der Waals surface area contributed by atoms with Crippen LogP contribution in [0.4, 0.5) is 5.95 Å². The fraction of sp³-hybridized carbons (Fsp3) is 0.818. The molecule has 0 spiro atoms. The zero-order valence-electron chi connectivity index (χ0n) is 10.1. The first kappa shape index (κ1) is 11.4. The van der Waals surface area contributed by atoms with E-state index in [1.807, 2.05) is 11.9 Å². The standard InChI is InChI=1S/C11H20N4O/c1-3-15(2)11-13-10(16-14-11)7-9-5-4-6-12-8-9/h9,12H,3-8H2,1-2H3. The van der Waals surface area contributed by atoms with Crippen LogP contribution in [0.2, 0.25) is 0 Å². The summed E-state index contributed by atoms with van der Waals surface area (Å²) >= 11 is 0. The first-order valence-corrected chi connectivity index (χ1v) is 6.04. The number of nitrogens with zero attached hydrogens (tertiary/aromatic N) is 3. The van der Waals surface area contributed by atoms with Crippen LogP contribution in [0.1, 0.15) is 25.7 Å². The van der Waals surface area contributed by atoms with Gasteiger partial charge in [-0.2, -0.15) is 4.98 Å². The first-order valence-electron chi connectivity index (χ1n) is 6.04. The molecule has 1 fully saturated rings. The number of piperidine rings is 1. The van der Waals surface area contributed by atoms with Gasteiger partial charge in [0, 0.05) is 20.0 Å². The topological polar surface area (TPSA) is 54.2 Å². The second-order valence-electron chi connectivity index (χ2n) is 4.42. The summed E-state index contributed by atoms with van der Waals surface area (Å²) in [5.41, 5.74) is 0. The molecule has 16 heavy (non-hydrogen) atoms. The monoisotopic (exact) mass is 224 g/mol. The van der Waals surface area contributed by atoms with Crippen molar-refractivity contribution >= 4 is 5.95 Å².